The van der Waals surface area contributed by atoms with Crippen LogP contribution in [0.25, 0.3) is 0 Å². The van der Waals surface area contributed by atoms with Gasteiger partial charge in [-0.15, -0.1) is 0 Å². The van der Waals surface area contributed by atoms with E-state index in [9.17, 15) is 15.0 Å². The van der Waals surface area contributed by atoms with Crippen molar-refractivity contribution in [2.24, 2.45) is 5.92 Å². The van der Waals surface area contributed by atoms with Crippen molar-refractivity contribution >= 4 is 5.91 Å². The second-order valence-electron chi connectivity index (χ2n) is 5.44. The van der Waals surface area contributed by atoms with Gasteiger partial charge in [0.1, 0.15) is 5.75 Å². The largest absolute Gasteiger partial charge is 0.507 e. The Bertz CT molecular complexity index is 496. The van der Waals surface area contributed by atoms with Gasteiger partial charge in [-0.1, -0.05) is 6.07 Å². The van der Waals surface area contributed by atoms with E-state index in [-0.39, 0.29) is 17.6 Å². The van der Waals surface area contributed by atoms with Gasteiger partial charge in [-0.3, -0.25) is 4.79 Å². The molecule has 2 atom stereocenters. The average molecular weight is 263 g/mol. The van der Waals surface area contributed by atoms with E-state index in [1.165, 1.54) is 0 Å². The number of amides is 1. The number of phenols is 1. The molecule has 4 nitrogen and oxygen atoms in total. The van der Waals surface area contributed by atoms with Crippen molar-refractivity contribution in [3.05, 3.63) is 28.8 Å². The molecule has 19 heavy (non-hydrogen) atoms. The van der Waals surface area contributed by atoms with Gasteiger partial charge in [0.25, 0.3) is 5.91 Å². The number of carbonyl (C=O) groups excluding carboxylic acids is 1. The number of rotatable bonds is 2. The maximum atomic E-state index is 12.4. The molecule has 0 bridgehead atoms. The van der Waals surface area contributed by atoms with Gasteiger partial charge in [0.2, 0.25) is 0 Å². The van der Waals surface area contributed by atoms with E-state index in [0.717, 1.165) is 17.5 Å². The third-order valence-electron chi connectivity index (χ3n) is 4.13. The Morgan fingerprint density at radius 3 is 2.68 bits per heavy atom. The summed E-state index contributed by atoms with van der Waals surface area (Å²) in [6.07, 6.45) is 0.417. The topological polar surface area (TPSA) is 60.8 Å². The molecule has 2 N–H and O–H groups in total. The highest BCUT2D eigenvalue weighted by atomic mass is 16.3. The summed E-state index contributed by atoms with van der Waals surface area (Å²) in [4.78, 5) is 14.1. The molecular formula is C15H21NO3. The van der Waals surface area contributed by atoms with Gasteiger partial charge in [-0.25, -0.2) is 0 Å². The lowest BCUT2D eigenvalue weighted by Gasteiger charge is -2.19. The van der Waals surface area contributed by atoms with Crippen molar-refractivity contribution in [1.82, 2.24) is 4.90 Å². The Labute approximate surface area is 113 Å². The number of hydrogen-bond donors (Lipinski definition) is 2. The zero-order valence-corrected chi connectivity index (χ0v) is 11.7. The van der Waals surface area contributed by atoms with Crippen molar-refractivity contribution in [1.29, 1.82) is 0 Å². The van der Waals surface area contributed by atoms with Crippen LogP contribution in [0.15, 0.2) is 12.1 Å². The number of aliphatic hydroxyl groups is 1. The molecular weight excluding hydrogens is 242 g/mol. The molecule has 104 valence electrons. The molecule has 2 unspecified atom stereocenters. The quantitative estimate of drug-likeness (QED) is 0.856. The van der Waals surface area contributed by atoms with Crippen molar-refractivity contribution in [3.63, 3.8) is 0 Å². The fourth-order valence-corrected chi connectivity index (χ4v) is 2.51. The molecule has 1 saturated heterocycles. The number of nitrogens with zero attached hydrogens (tertiary/aromatic N) is 1. The van der Waals surface area contributed by atoms with Crippen molar-refractivity contribution in [2.45, 2.75) is 33.3 Å². The Hall–Kier alpha value is -1.55. The third kappa shape index (κ3) is 2.59. The van der Waals surface area contributed by atoms with Gasteiger partial charge >= 0.3 is 0 Å². The van der Waals surface area contributed by atoms with Gasteiger partial charge in [-0.2, -0.15) is 0 Å². The van der Waals surface area contributed by atoms with Gasteiger partial charge in [-0.05, 0) is 44.4 Å². The molecule has 1 amide bonds. The fraction of sp³-hybridized carbons (Fsp3) is 0.533. The van der Waals surface area contributed by atoms with E-state index in [4.69, 9.17) is 0 Å². The summed E-state index contributed by atoms with van der Waals surface area (Å²) >= 11 is 0. The average Bonchev–Trinajstić information content (AvgIpc) is 2.85. The zero-order chi connectivity index (χ0) is 14.2. The van der Waals surface area contributed by atoms with E-state index < -0.39 is 6.10 Å². The summed E-state index contributed by atoms with van der Waals surface area (Å²) in [6, 6.07) is 3.53. The van der Waals surface area contributed by atoms with Crippen molar-refractivity contribution in [2.75, 3.05) is 13.1 Å². The fourth-order valence-electron chi connectivity index (χ4n) is 2.51. The number of phenolic OH excluding ortho intramolecular Hbond substituents is 1. The van der Waals surface area contributed by atoms with E-state index in [0.29, 0.717) is 18.7 Å². The lowest BCUT2D eigenvalue weighted by atomic mass is 10.0. The van der Waals surface area contributed by atoms with E-state index >= 15 is 0 Å². The smallest absolute Gasteiger partial charge is 0.257 e. The molecule has 1 aromatic carbocycles. The van der Waals surface area contributed by atoms with Crippen molar-refractivity contribution < 1.29 is 15.0 Å². The minimum Gasteiger partial charge on any atom is -0.507 e. The molecule has 0 spiro atoms. The molecule has 0 aliphatic carbocycles. The minimum atomic E-state index is -0.397. The Morgan fingerprint density at radius 2 is 2.11 bits per heavy atom. The summed E-state index contributed by atoms with van der Waals surface area (Å²) in [7, 11) is 0. The van der Waals surface area contributed by atoms with Crippen LogP contribution in [0.1, 0.15) is 34.8 Å². The van der Waals surface area contributed by atoms with Crippen LogP contribution in [0, 0.1) is 19.8 Å². The van der Waals surface area contributed by atoms with Crippen LogP contribution >= 0.6 is 0 Å². The standard InChI is InChI=1S/C15H21NO3/c1-9-4-5-13(14(18)10(9)2)15(19)16-7-6-12(8-16)11(3)17/h4-5,11-12,17-18H,6-8H2,1-3H3. The zero-order valence-electron chi connectivity index (χ0n) is 11.7. The van der Waals surface area contributed by atoms with Crippen LogP contribution in [0.5, 0.6) is 5.75 Å². The Morgan fingerprint density at radius 1 is 1.42 bits per heavy atom. The van der Waals surface area contributed by atoms with Crippen LogP contribution in [0.2, 0.25) is 0 Å². The summed E-state index contributed by atoms with van der Waals surface area (Å²) in [5, 5.41) is 19.7. The number of likely N-dealkylation sites (tertiary alicyclic amines) is 1. The number of benzene rings is 1. The molecule has 1 heterocycles. The number of hydrogen-bond acceptors (Lipinski definition) is 3. The molecule has 0 saturated carbocycles. The first-order chi connectivity index (χ1) is 8.91. The second kappa shape index (κ2) is 5.21. The minimum absolute atomic E-state index is 0.0745. The van der Waals surface area contributed by atoms with E-state index in [2.05, 4.69) is 0 Å². The number of aryl methyl sites for hydroxylation is 1. The first-order valence-corrected chi connectivity index (χ1v) is 6.68. The molecule has 1 fully saturated rings. The number of aromatic hydroxyl groups is 1. The van der Waals surface area contributed by atoms with Crippen LogP contribution in [0.3, 0.4) is 0 Å². The van der Waals surface area contributed by atoms with Crippen LogP contribution < -0.4 is 0 Å². The first kappa shape index (κ1) is 13.9. The van der Waals surface area contributed by atoms with Gasteiger partial charge < -0.3 is 15.1 Å². The monoisotopic (exact) mass is 263 g/mol. The second-order valence-corrected chi connectivity index (χ2v) is 5.44. The molecule has 2 rings (SSSR count). The molecule has 0 radical (unpaired) electrons. The number of carbonyl (C=O) groups is 1. The molecule has 1 aromatic rings. The SMILES string of the molecule is Cc1ccc(C(=O)N2CCC(C(C)O)C2)c(O)c1C. The summed E-state index contributed by atoms with van der Waals surface area (Å²) in [6.45, 7) is 6.67. The lowest BCUT2D eigenvalue weighted by Crippen LogP contribution is -2.30. The maximum Gasteiger partial charge on any atom is 0.257 e. The van der Waals surface area contributed by atoms with Gasteiger partial charge in [0.15, 0.2) is 0 Å². The maximum absolute atomic E-state index is 12.4. The van der Waals surface area contributed by atoms with Crippen LogP contribution in [0.4, 0.5) is 0 Å². The molecule has 1 aliphatic heterocycles. The molecule has 0 aromatic heterocycles. The van der Waals surface area contributed by atoms with E-state index in [1.54, 1.807) is 17.9 Å². The first-order valence-electron chi connectivity index (χ1n) is 6.68. The number of aliphatic hydroxyl groups excluding tert-OH is 1. The summed E-state index contributed by atoms with van der Waals surface area (Å²) < 4.78 is 0. The van der Waals surface area contributed by atoms with Gasteiger partial charge in [0.05, 0.1) is 11.7 Å². The van der Waals surface area contributed by atoms with Crippen LogP contribution in [-0.2, 0) is 0 Å². The molecule has 4 heteroatoms. The van der Waals surface area contributed by atoms with Crippen LogP contribution in [-0.4, -0.2) is 40.2 Å². The highest BCUT2D eigenvalue weighted by Gasteiger charge is 2.30. The Kier molecular flexibility index (Phi) is 3.80. The summed E-state index contributed by atoms with van der Waals surface area (Å²) in [5.41, 5.74) is 2.07. The summed E-state index contributed by atoms with van der Waals surface area (Å²) in [5.74, 6) is 0.0619. The predicted molar refractivity (Wildman–Crippen MR) is 73.3 cm³/mol. The van der Waals surface area contributed by atoms with E-state index in [1.807, 2.05) is 19.9 Å². The lowest BCUT2D eigenvalue weighted by molar-refractivity contribution is 0.0759. The Balaban J connectivity index is 2.20. The highest BCUT2D eigenvalue weighted by Crippen LogP contribution is 2.28. The van der Waals surface area contributed by atoms with Gasteiger partial charge in [0, 0.05) is 19.0 Å². The normalized spacial score (nSPS) is 20.6. The third-order valence-corrected chi connectivity index (χ3v) is 4.13. The molecule has 1 aliphatic rings. The van der Waals surface area contributed by atoms with Crippen molar-refractivity contribution in [3.8, 4) is 5.75 Å². The predicted octanol–water partition coefficient (Wildman–Crippen LogP) is 1.85. The highest BCUT2D eigenvalue weighted by molar-refractivity contribution is 5.97.